The summed E-state index contributed by atoms with van der Waals surface area (Å²) in [7, 11) is 0. The van der Waals surface area contributed by atoms with E-state index >= 15 is 0 Å². The molecule has 0 fully saturated rings. The lowest BCUT2D eigenvalue weighted by molar-refractivity contribution is 0.0691. The molecule has 0 saturated carbocycles. The van der Waals surface area contributed by atoms with Crippen molar-refractivity contribution in [2.75, 3.05) is 0 Å². The van der Waals surface area contributed by atoms with Gasteiger partial charge >= 0.3 is 5.97 Å². The van der Waals surface area contributed by atoms with Gasteiger partial charge in [0.2, 0.25) is 0 Å². The Balaban J connectivity index is 1.80. The van der Waals surface area contributed by atoms with Crippen molar-refractivity contribution < 1.29 is 14.6 Å². The fourth-order valence-electron chi connectivity index (χ4n) is 1.97. The van der Waals surface area contributed by atoms with E-state index in [9.17, 15) is 4.79 Å². The molecule has 0 saturated heterocycles. The molecule has 1 heterocycles. The van der Waals surface area contributed by atoms with E-state index in [-0.39, 0.29) is 5.69 Å². The van der Waals surface area contributed by atoms with E-state index in [1.54, 1.807) is 0 Å². The highest BCUT2D eigenvalue weighted by Crippen LogP contribution is 2.29. The van der Waals surface area contributed by atoms with Gasteiger partial charge in [-0.15, -0.1) is 11.3 Å². The summed E-state index contributed by atoms with van der Waals surface area (Å²) in [6.45, 7) is 1.99. The number of hydrogen-bond acceptors (Lipinski definition) is 4. The third-order valence-electron chi connectivity index (χ3n) is 3.15. The van der Waals surface area contributed by atoms with E-state index in [0.717, 1.165) is 22.6 Å². The number of carboxylic acids is 1. The van der Waals surface area contributed by atoms with Crippen LogP contribution in [0, 0.1) is 6.92 Å². The van der Waals surface area contributed by atoms with Crippen LogP contribution in [0.2, 0.25) is 0 Å². The quantitative estimate of drug-likeness (QED) is 0.764. The first-order chi connectivity index (χ1) is 10.6. The number of nitrogens with zero attached hydrogens (tertiary/aromatic N) is 1. The predicted molar refractivity (Wildman–Crippen MR) is 85.8 cm³/mol. The molecule has 5 heteroatoms. The second-order valence-electron chi connectivity index (χ2n) is 4.73. The topological polar surface area (TPSA) is 59.4 Å². The van der Waals surface area contributed by atoms with Crippen LogP contribution in [0.25, 0.3) is 10.6 Å². The van der Waals surface area contributed by atoms with Gasteiger partial charge in [0.05, 0.1) is 0 Å². The maximum absolute atomic E-state index is 10.9. The molecule has 3 aromatic rings. The molecular formula is C17H13NO3S. The molecule has 0 unspecified atom stereocenters. The summed E-state index contributed by atoms with van der Waals surface area (Å²) in [4.78, 5) is 14.9. The Bertz CT molecular complexity index is 809. The Morgan fingerprint density at radius 2 is 1.86 bits per heavy atom. The second-order valence-corrected chi connectivity index (χ2v) is 5.59. The van der Waals surface area contributed by atoms with E-state index < -0.39 is 5.97 Å². The SMILES string of the molecule is Cc1ccccc1Oc1ccc(-c2nc(C(=O)O)cs2)cc1. The lowest BCUT2D eigenvalue weighted by Crippen LogP contribution is -1.95. The Hall–Kier alpha value is -2.66. The molecule has 0 aliphatic heterocycles. The zero-order chi connectivity index (χ0) is 15.5. The van der Waals surface area contributed by atoms with E-state index in [2.05, 4.69) is 4.98 Å². The van der Waals surface area contributed by atoms with Gasteiger partial charge in [-0.3, -0.25) is 0 Å². The summed E-state index contributed by atoms with van der Waals surface area (Å²) >= 11 is 1.31. The minimum absolute atomic E-state index is 0.0697. The van der Waals surface area contributed by atoms with Gasteiger partial charge in [-0.05, 0) is 42.8 Å². The van der Waals surface area contributed by atoms with Gasteiger partial charge < -0.3 is 9.84 Å². The lowest BCUT2D eigenvalue weighted by atomic mass is 10.2. The van der Waals surface area contributed by atoms with Crippen LogP contribution >= 0.6 is 11.3 Å². The first-order valence-electron chi connectivity index (χ1n) is 6.66. The molecule has 110 valence electrons. The summed E-state index contributed by atoms with van der Waals surface area (Å²) in [5.74, 6) is 0.535. The molecule has 0 amide bonds. The van der Waals surface area contributed by atoms with Crippen molar-refractivity contribution in [1.82, 2.24) is 4.98 Å². The van der Waals surface area contributed by atoms with Crippen LogP contribution in [0.3, 0.4) is 0 Å². The van der Waals surface area contributed by atoms with Gasteiger partial charge in [0.25, 0.3) is 0 Å². The van der Waals surface area contributed by atoms with Gasteiger partial charge in [0.1, 0.15) is 16.5 Å². The Labute approximate surface area is 131 Å². The molecule has 0 radical (unpaired) electrons. The first-order valence-corrected chi connectivity index (χ1v) is 7.54. The van der Waals surface area contributed by atoms with Crippen LogP contribution in [0.5, 0.6) is 11.5 Å². The minimum atomic E-state index is -1.01. The number of thiazole rings is 1. The zero-order valence-corrected chi connectivity index (χ0v) is 12.6. The molecule has 22 heavy (non-hydrogen) atoms. The first kappa shape index (κ1) is 14.3. The van der Waals surface area contributed by atoms with E-state index in [4.69, 9.17) is 9.84 Å². The van der Waals surface area contributed by atoms with Gasteiger partial charge in [-0.25, -0.2) is 9.78 Å². The van der Waals surface area contributed by atoms with E-state index in [1.807, 2.05) is 55.5 Å². The highest BCUT2D eigenvalue weighted by Gasteiger charge is 2.10. The summed E-state index contributed by atoms with van der Waals surface area (Å²) in [5.41, 5.74) is 2.01. The standard InChI is InChI=1S/C17H13NO3S/c1-11-4-2-3-5-15(11)21-13-8-6-12(7-9-13)16-18-14(10-22-16)17(19)20/h2-10H,1H3,(H,19,20). The predicted octanol–water partition coefficient (Wildman–Crippen LogP) is 4.61. The van der Waals surface area contributed by atoms with Crippen LogP contribution in [0.1, 0.15) is 16.1 Å². The number of rotatable bonds is 4. The van der Waals surface area contributed by atoms with Crippen LogP contribution in [-0.2, 0) is 0 Å². The molecule has 1 N–H and O–H groups in total. The van der Waals surface area contributed by atoms with Gasteiger partial charge in [0, 0.05) is 10.9 Å². The number of aromatic carboxylic acids is 1. The zero-order valence-electron chi connectivity index (χ0n) is 11.8. The second kappa shape index (κ2) is 5.99. The summed E-state index contributed by atoms with van der Waals surface area (Å²) in [6, 6.07) is 15.3. The number of aryl methyl sites for hydroxylation is 1. The molecule has 1 aromatic heterocycles. The maximum Gasteiger partial charge on any atom is 0.355 e. The molecule has 0 aliphatic rings. The van der Waals surface area contributed by atoms with Crippen molar-refractivity contribution in [3.8, 4) is 22.1 Å². The maximum atomic E-state index is 10.9. The number of hydrogen-bond donors (Lipinski definition) is 1. The van der Waals surface area contributed by atoms with Crippen LogP contribution in [0.15, 0.2) is 53.9 Å². The number of aromatic nitrogens is 1. The fourth-order valence-corrected chi connectivity index (χ4v) is 2.77. The highest BCUT2D eigenvalue weighted by atomic mass is 32.1. The summed E-state index contributed by atoms with van der Waals surface area (Å²) in [5, 5.41) is 11.1. The Morgan fingerprint density at radius 3 is 2.50 bits per heavy atom. The van der Waals surface area contributed by atoms with Crippen molar-refractivity contribution in [3.63, 3.8) is 0 Å². The average molecular weight is 311 g/mol. The largest absolute Gasteiger partial charge is 0.476 e. The number of ether oxygens (including phenoxy) is 1. The summed E-state index contributed by atoms with van der Waals surface area (Å²) < 4.78 is 5.83. The smallest absolute Gasteiger partial charge is 0.355 e. The van der Waals surface area contributed by atoms with Crippen LogP contribution in [0.4, 0.5) is 0 Å². The Kier molecular flexibility index (Phi) is 3.89. The molecular weight excluding hydrogens is 298 g/mol. The lowest BCUT2D eigenvalue weighted by Gasteiger charge is -2.08. The number of carbonyl (C=O) groups is 1. The summed E-state index contributed by atoms with van der Waals surface area (Å²) in [6.07, 6.45) is 0. The normalized spacial score (nSPS) is 10.4. The molecule has 0 spiro atoms. The Morgan fingerprint density at radius 1 is 1.14 bits per heavy atom. The molecule has 3 rings (SSSR count). The minimum Gasteiger partial charge on any atom is -0.476 e. The number of benzene rings is 2. The molecule has 0 aliphatic carbocycles. The average Bonchev–Trinajstić information content (AvgIpc) is 3.00. The monoisotopic (exact) mass is 311 g/mol. The third-order valence-corrected chi connectivity index (χ3v) is 4.04. The number of para-hydroxylation sites is 1. The molecule has 2 aromatic carbocycles. The van der Waals surface area contributed by atoms with Crippen molar-refractivity contribution >= 4 is 17.3 Å². The van der Waals surface area contributed by atoms with Crippen LogP contribution < -0.4 is 4.74 Å². The fraction of sp³-hybridized carbons (Fsp3) is 0.0588. The highest BCUT2D eigenvalue weighted by molar-refractivity contribution is 7.13. The van der Waals surface area contributed by atoms with Gasteiger partial charge in [-0.1, -0.05) is 18.2 Å². The van der Waals surface area contributed by atoms with Crippen LogP contribution in [-0.4, -0.2) is 16.1 Å². The van der Waals surface area contributed by atoms with Gasteiger partial charge in [0.15, 0.2) is 5.69 Å². The van der Waals surface area contributed by atoms with E-state index in [0.29, 0.717) is 5.01 Å². The van der Waals surface area contributed by atoms with Crippen molar-refractivity contribution in [3.05, 3.63) is 65.2 Å². The molecule has 0 atom stereocenters. The van der Waals surface area contributed by atoms with Gasteiger partial charge in [-0.2, -0.15) is 0 Å². The molecule has 0 bridgehead atoms. The molecule has 4 nitrogen and oxygen atoms in total. The number of carboxylic acid groups (broad SMARTS) is 1. The van der Waals surface area contributed by atoms with Crippen molar-refractivity contribution in [2.45, 2.75) is 6.92 Å². The van der Waals surface area contributed by atoms with Crippen molar-refractivity contribution in [1.29, 1.82) is 0 Å². The third kappa shape index (κ3) is 2.99. The van der Waals surface area contributed by atoms with Crippen molar-refractivity contribution in [2.24, 2.45) is 0 Å². The van der Waals surface area contributed by atoms with E-state index in [1.165, 1.54) is 16.7 Å².